The first-order valence-electron chi connectivity index (χ1n) is 6.94. The van der Waals surface area contributed by atoms with Crippen molar-refractivity contribution < 1.29 is 9.90 Å². The summed E-state index contributed by atoms with van der Waals surface area (Å²) >= 11 is 0. The van der Waals surface area contributed by atoms with Crippen LogP contribution in [0.5, 0.6) is 0 Å². The number of rotatable bonds is 4. The summed E-state index contributed by atoms with van der Waals surface area (Å²) in [6, 6.07) is 0. The maximum atomic E-state index is 12.2. The maximum Gasteiger partial charge on any atom is 0.277 e. The van der Waals surface area contributed by atoms with E-state index in [0.717, 1.165) is 25.7 Å². The minimum atomic E-state index is -0.477. The van der Waals surface area contributed by atoms with Crippen molar-refractivity contribution in [2.24, 2.45) is 5.41 Å². The minimum Gasteiger partial charge on any atom is -0.396 e. The van der Waals surface area contributed by atoms with E-state index in [1.807, 2.05) is 0 Å². The van der Waals surface area contributed by atoms with Gasteiger partial charge in [-0.1, -0.05) is 12.8 Å². The fraction of sp³-hybridized carbons (Fsp3) is 0.643. The molecule has 1 heterocycles. The third kappa shape index (κ3) is 2.75. The van der Waals surface area contributed by atoms with Gasteiger partial charge in [-0.15, -0.1) is 0 Å². The number of carbonyl (C=O) groups excluding carboxylic acids is 1. The molecular weight excluding hydrogens is 258 g/mol. The second-order valence-corrected chi connectivity index (χ2v) is 5.69. The lowest BCUT2D eigenvalue weighted by atomic mass is 9.87. The molecule has 0 radical (unpaired) electrons. The monoisotopic (exact) mass is 279 g/mol. The number of aromatic nitrogens is 2. The molecule has 1 saturated carbocycles. The van der Waals surface area contributed by atoms with Crippen LogP contribution in [0.2, 0.25) is 0 Å². The van der Waals surface area contributed by atoms with E-state index in [-0.39, 0.29) is 17.6 Å². The van der Waals surface area contributed by atoms with Gasteiger partial charge in [0.1, 0.15) is 5.56 Å². The van der Waals surface area contributed by atoms with Gasteiger partial charge in [-0.05, 0) is 32.3 Å². The van der Waals surface area contributed by atoms with Crippen LogP contribution in [0.25, 0.3) is 0 Å². The van der Waals surface area contributed by atoms with Crippen molar-refractivity contribution in [2.45, 2.75) is 39.5 Å². The first-order chi connectivity index (χ1) is 9.49. The summed E-state index contributed by atoms with van der Waals surface area (Å²) in [7, 11) is 0. The van der Waals surface area contributed by atoms with Crippen LogP contribution in [0.15, 0.2) is 4.79 Å². The van der Waals surface area contributed by atoms with E-state index in [9.17, 15) is 14.7 Å². The smallest absolute Gasteiger partial charge is 0.277 e. The molecule has 1 amide bonds. The molecule has 2 rings (SSSR count). The molecule has 6 heteroatoms. The normalized spacial score (nSPS) is 17.1. The molecule has 0 aliphatic heterocycles. The minimum absolute atomic E-state index is 0.0675. The van der Waals surface area contributed by atoms with Gasteiger partial charge in [0.05, 0.1) is 12.3 Å². The van der Waals surface area contributed by atoms with Gasteiger partial charge in [0.15, 0.2) is 0 Å². The molecule has 1 aliphatic carbocycles. The highest BCUT2D eigenvalue weighted by Crippen LogP contribution is 2.36. The molecule has 3 N–H and O–H groups in total. The SMILES string of the molecule is Cc1n[nH]c(=O)c(C(=O)NCC2(CO)CCCC2)c1C. The van der Waals surface area contributed by atoms with Crippen LogP contribution in [-0.4, -0.2) is 34.4 Å². The highest BCUT2D eigenvalue weighted by molar-refractivity contribution is 5.95. The molecule has 1 aromatic heterocycles. The Morgan fingerprint density at radius 2 is 2.05 bits per heavy atom. The van der Waals surface area contributed by atoms with Crippen LogP contribution in [-0.2, 0) is 0 Å². The fourth-order valence-electron chi connectivity index (χ4n) is 2.77. The summed E-state index contributed by atoms with van der Waals surface area (Å²) in [4.78, 5) is 24.0. The van der Waals surface area contributed by atoms with Crippen molar-refractivity contribution in [2.75, 3.05) is 13.2 Å². The maximum absolute atomic E-state index is 12.2. The third-order valence-electron chi connectivity index (χ3n) is 4.32. The molecule has 1 fully saturated rings. The highest BCUT2D eigenvalue weighted by Gasteiger charge is 2.33. The van der Waals surface area contributed by atoms with Crippen LogP contribution in [0, 0.1) is 19.3 Å². The molecule has 6 nitrogen and oxygen atoms in total. The van der Waals surface area contributed by atoms with Gasteiger partial charge in [-0.25, -0.2) is 5.10 Å². The van der Waals surface area contributed by atoms with Crippen molar-refractivity contribution in [1.29, 1.82) is 0 Å². The van der Waals surface area contributed by atoms with Gasteiger partial charge in [0.2, 0.25) is 0 Å². The zero-order valence-corrected chi connectivity index (χ0v) is 12.0. The zero-order valence-electron chi connectivity index (χ0n) is 12.0. The Balaban J connectivity index is 2.13. The van der Waals surface area contributed by atoms with E-state index in [1.54, 1.807) is 13.8 Å². The van der Waals surface area contributed by atoms with Gasteiger partial charge in [0.25, 0.3) is 11.5 Å². The lowest BCUT2D eigenvalue weighted by Gasteiger charge is -2.26. The molecule has 1 aromatic rings. The molecule has 1 aliphatic rings. The molecule has 0 atom stereocenters. The number of hydrogen-bond acceptors (Lipinski definition) is 4. The van der Waals surface area contributed by atoms with Gasteiger partial charge >= 0.3 is 0 Å². The van der Waals surface area contributed by atoms with E-state index in [0.29, 0.717) is 17.8 Å². The molecule has 0 spiro atoms. The van der Waals surface area contributed by atoms with E-state index in [1.165, 1.54) is 0 Å². The molecule has 0 unspecified atom stereocenters. The summed E-state index contributed by atoms with van der Waals surface area (Å²) in [5, 5.41) is 18.5. The Kier molecular flexibility index (Phi) is 4.23. The van der Waals surface area contributed by atoms with Crippen molar-refractivity contribution in [3.63, 3.8) is 0 Å². The fourth-order valence-corrected chi connectivity index (χ4v) is 2.77. The van der Waals surface area contributed by atoms with Crippen molar-refractivity contribution in [1.82, 2.24) is 15.5 Å². The van der Waals surface area contributed by atoms with Gasteiger partial charge in [0, 0.05) is 12.0 Å². The van der Waals surface area contributed by atoms with Crippen molar-refractivity contribution in [3.8, 4) is 0 Å². The number of aliphatic hydroxyl groups excluding tert-OH is 1. The summed E-state index contributed by atoms with van der Waals surface area (Å²) in [5.74, 6) is -0.394. The Bertz CT molecular complexity index is 559. The summed E-state index contributed by atoms with van der Waals surface area (Å²) < 4.78 is 0. The average molecular weight is 279 g/mol. The first kappa shape index (κ1) is 14.7. The molecule has 0 saturated heterocycles. The number of hydrogen-bond donors (Lipinski definition) is 3. The van der Waals surface area contributed by atoms with Crippen LogP contribution >= 0.6 is 0 Å². The van der Waals surface area contributed by atoms with Crippen molar-refractivity contribution >= 4 is 5.91 Å². The lowest BCUT2D eigenvalue weighted by Crippen LogP contribution is -2.40. The van der Waals surface area contributed by atoms with Crippen LogP contribution < -0.4 is 10.9 Å². The first-order valence-corrected chi connectivity index (χ1v) is 6.94. The summed E-state index contributed by atoms with van der Waals surface area (Å²) in [6.07, 6.45) is 3.97. The lowest BCUT2D eigenvalue weighted by molar-refractivity contribution is 0.0878. The molecule has 0 bridgehead atoms. The van der Waals surface area contributed by atoms with Gasteiger partial charge in [-0.2, -0.15) is 5.10 Å². The standard InChI is InChI=1S/C14H21N3O3/c1-9-10(2)16-17-13(20)11(9)12(19)15-7-14(8-18)5-3-4-6-14/h18H,3-8H2,1-2H3,(H,15,19)(H,17,20). The van der Waals surface area contributed by atoms with Crippen LogP contribution in [0.3, 0.4) is 0 Å². The van der Waals surface area contributed by atoms with Gasteiger partial charge in [-0.3, -0.25) is 9.59 Å². The van der Waals surface area contributed by atoms with Crippen molar-refractivity contribution in [3.05, 3.63) is 27.2 Å². The number of aryl methyl sites for hydroxylation is 1. The molecule has 110 valence electrons. The molecular formula is C14H21N3O3. The Hall–Kier alpha value is -1.69. The van der Waals surface area contributed by atoms with E-state index >= 15 is 0 Å². The predicted octanol–water partition coefficient (Wildman–Crippen LogP) is 0.669. The number of amides is 1. The number of aromatic amines is 1. The third-order valence-corrected chi connectivity index (χ3v) is 4.32. The largest absolute Gasteiger partial charge is 0.396 e. The van der Waals surface area contributed by atoms with Crippen LogP contribution in [0.1, 0.15) is 47.3 Å². The highest BCUT2D eigenvalue weighted by atomic mass is 16.3. The summed E-state index contributed by atoms with van der Waals surface area (Å²) in [5.41, 5.74) is 0.639. The van der Waals surface area contributed by atoms with Gasteiger partial charge < -0.3 is 10.4 Å². The number of aliphatic hydroxyl groups is 1. The van der Waals surface area contributed by atoms with Crippen LogP contribution in [0.4, 0.5) is 0 Å². The summed E-state index contributed by atoms with van der Waals surface area (Å²) in [6.45, 7) is 3.93. The molecule has 20 heavy (non-hydrogen) atoms. The Morgan fingerprint density at radius 3 is 2.65 bits per heavy atom. The number of nitrogens with zero attached hydrogens (tertiary/aromatic N) is 1. The number of carbonyl (C=O) groups is 1. The zero-order chi connectivity index (χ0) is 14.8. The molecule has 0 aromatic carbocycles. The number of H-pyrrole nitrogens is 1. The average Bonchev–Trinajstić information content (AvgIpc) is 2.91. The Labute approximate surface area is 117 Å². The number of nitrogens with one attached hydrogen (secondary N) is 2. The topological polar surface area (TPSA) is 95.1 Å². The Morgan fingerprint density at radius 1 is 1.40 bits per heavy atom. The van der Waals surface area contributed by atoms with E-state index < -0.39 is 11.5 Å². The second kappa shape index (κ2) is 5.75. The van der Waals surface area contributed by atoms with E-state index in [4.69, 9.17) is 0 Å². The second-order valence-electron chi connectivity index (χ2n) is 5.69. The predicted molar refractivity (Wildman–Crippen MR) is 74.7 cm³/mol. The van der Waals surface area contributed by atoms with E-state index in [2.05, 4.69) is 15.5 Å². The quantitative estimate of drug-likeness (QED) is 0.755.